The van der Waals surface area contributed by atoms with Gasteiger partial charge >= 0.3 is 0 Å². The van der Waals surface area contributed by atoms with Crippen LogP contribution in [0.4, 0.5) is 4.39 Å². The zero-order valence-electron chi connectivity index (χ0n) is 15.2. The van der Waals surface area contributed by atoms with Crippen molar-refractivity contribution in [3.63, 3.8) is 0 Å². The number of aliphatic hydroxyl groups is 1. The van der Waals surface area contributed by atoms with Gasteiger partial charge in [-0.2, -0.15) is 5.26 Å². The normalized spacial score (nSPS) is 23.0. The van der Waals surface area contributed by atoms with Gasteiger partial charge < -0.3 is 5.11 Å². The quantitative estimate of drug-likeness (QED) is 0.857. The average molecular weight is 387 g/mol. The van der Waals surface area contributed by atoms with Crippen molar-refractivity contribution >= 4 is 9.84 Å². The van der Waals surface area contributed by atoms with Crippen LogP contribution in [0.5, 0.6) is 0 Å². The number of hydrogen-bond acceptors (Lipinski definition) is 4. The number of benzene rings is 2. The highest BCUT2D eigenvalue weighted by Crippen LogP contribution is 2.34. The zero-order valence-corrected chi connectivity index (χ0v) is 16.0. The Hall–Kier alpha value is -2.23. The Bertz CT molecular complexity index is 965. The van der Waals surface area contributed by atoms with Crippen LogP contribution in [0.15, 0.2) is 47.4 Å². The summed E-state index contributed by atoms with van der Waals surface area (Å²) in [5.41, 5.74) is 0.650. The van der Waals surface area contributed by atoms with E-state index >= 15 is 0 Å². The van der Waals surface area contributed by atoms with E-state index in [9.17, 15) is 17.9 Å². The second-order valence-electron chi connectivity index (χ2n) is 7.55. The molecule has 0 spiro atoms. The minimum atomic E-state index is -3.59. The number of rotatable bonds is 4. The highest BCUT2D eigenvalue weighted by Gasteiger charge is 2.31. The molecule has 0 saturated heterocycles. The van der Waals surface area contributed by atoms with Crippen molar-refractivity contribution in [2.24, 2.45) is 5.92 Å². The van der Waals surface area contributed by atoms with Crippen molar-refractivity contribution in [2.45, 2.75) is 43.1 Å². The Morgan fingerprint density at radius 2 is 1.81 bits per heavy atom. The third kappa shape index (κ3) is 4.55. The molecule has 0 aromatic heterocycles. The van der Waals surface area contributed by atoms with Crippen molar-refractivity contribution in [3.05, 3.63) is 53.8 Å². The molecule has 27 heavy (non-hydrogen) atoms. The number of hydrogen-bond donors (Lipinski definition) is 1. The molecule has 0 amide bonds. The third-order valence-electron chi connectivity index (χ3n) is 5.26. The number of sulfone groups is 1. The fourth-order valence-electron chi connectivity index (χ4n) is 3.52. The van der Waals surface area contributed by atoms with E-state index in [0.717, 1.165) is 6.07 Å². The maximum absolute atomic E-state index is 14.6. The molecular weight excluding hydrogens is 365 g/mol. The van der Waals surface area contributed by atoms with Crippen LogP contribution in [0.3, 0.4) is 0 Å². The van der Waals surface area contributed by atoms with Gasteiger partial charge in [-0.25, -0.2) is 12.8 Å². The molecule has 1 aliphatic rings. The molecule has 2 aromatic rings. The molecule has 0 radical (unpaired) electrons. The molecule has 0 unspecified atom stereocenters. The number of halogens is 1. The van der Waals surface area contributed by atoms with Crippen LogP contribution in [-0.2, 0) is 9.84 Å². The number of nitriles is 1. The molecule has 142 valence electrons. The van der Waals surface area contributed by atoms with Crippen molar-refractivity contribution in [3.8, 4) is 17.2 Å². The van der Waals surface area contributed by atoms with E-state index in [4.69, 9.17) is 5.26 Å². The summed E-state index contributed by atoms with van der Waals surface area (Å²) in [6.07, 6.45) is 2.47. The maximum Gasteiger partial charge on any atom is 0.178 e. The molecule has 0 aliphatic heterocycles. The smallest absolute Gasteiger partial charge is 0.178 e. The summed E-state index contributed by atoms with van der Waals surface area (Å²) in [5.74, 6) is -0.650. The summed E-state index contributed by atoms with van der Waals surface area (Å²) in [5, 5.41) is 18.8. The van der Waals surface area contributed by atoms with Gasteiger partial charge in [0, 0.05) is 5.56 Å². The SMILES string of the molecule is C[C@]1(O)CC[C@@H](CS(=O)(=O)c2ccc(-c3ccc(C#N)cc3)c(F)c2)CC1. The van der Waals surface area contributed by atoms with Crippen molar-refractivity contribution in [1.29, 1.82) is 5.26 Å². The van der Waals surface area contributed by atoms with E-state index in [2.05, 4.69) is 0 Å². The van der Waals surface area contributed by atoms with E-state index in [1.165, 1.54) is 12.1 Å². The van der Waals surface area contributed by atoms with E-state index in [-0.39, 0.29) is 16.6 Å². The molecule has 1 fully saturated rings. The van der Waals surface area contributed by atoms with Crippen LogP contribution in [0.2, 0.25) is 0 Å². The molecule has 1 aliphatic carbocycles. The molecule has 3 rings (SSSR count). The molecule has 4 nitrogen and oxygen atoms in total. The van der Waals surface area contributed by atoms with E-state index in [0.29, 0.717) is 42.4 Å². The monoisotopic (exact) mass is 387 g/mol. The highest BCUT2D eigenvalue weighted by atomic mass is 32.2. The second kappa shape index (κ2) is 7.41. The summed E-state index contributed by atoms with van der Waals surface area (Å²) in [4.78, 5) is -0.0188. The maximum atomic E-state index is 14.6. The van der Waals surface area contributed by atoms with Gasteiger partial charge in [-0.1, -0.05) is 18.2 Å². The molecule has 0 bridgehead atoms. The van der Waals surface area contributed by atoms with Gasteiger partial charge in [-0.05, 0) is 68.4 Å². The van der Waals surface area contributed by atoms with Gasteiger partial charge in [-0.15, -0.1) is 0 Å². The van der Waals surface area contributed by atoms with Crippen molar-refractivity contribution in [1.82, 2.24) is 0 Å². The first-order chi connectivity index (χ1) is 12.7. The molecule has 2 aromatic carbocycles. The van der Waals surface area contributed by atoms with E-state index < -0.39 is 21.3 Å². The summed E-state index contributed by atoms with van der Waals surface area (Å²) < 4.78 is 39.9. The third-order valence-corrected chi connectivity index (χ3v) is 7.14. The lowest BCUT2D eigenvalue weighted by atomic mass is 9.81. The van der Waals surface area contributed by atoms with Crippen LogP contribution in [-0.4, -0.2) is 24.9 Å². The molecule has 1 saturated carbocycles. The average Bonchev–Trinajstić information content (AvgIpc) is 2.63. The van der Waals surface area contributed by atoms with Gasteiger partial charge in [0.1, 0.15) is 5.82 Å². The molecular formula is C21H22FNO3S. The van der Waals surface area contributed by atoms with Gasteiger partial charge in [0.05, 0.1) is 27.9 Å². The Kier molecular flexibility index (Phi) is 5.36. The lowest BCUT2D eigenvalue weighted by molar-refractivity contribution is 0.0108. The fraction of sp³-hybridized carbons (Fsp3) is 0.381. The molecule has 6 heteroatoms. The predicted octanol–water partition coefficient (Wildman–Crippen LogP) is 4.08. The van der Waals surface area contributed by atoms with Crippen LogP contribution in [0, 0.1) is 23.1 Å². The van der Waals surface area contributed by atoms with Crippen LogP contribution >= 0.6 is 0 Å². The lowest BCUT2D eigenvalue weighted by Gasteiger charge is -2.32. The Morgan fingerprint density at radius 3 is 2.37 bits per heavy atom. The second-order valence-corrected chi connectivity index (χ2v) is 9.59. The topological polar surface area (TPSA) is 78.2 Å². The minimum Gasteiger partial charge on any atom is -0.390 e. The van der Waals surface area contributed by atoms with E-state index in [1.807, 2.05) is 6.07 Å². The first kappa shape index (κ1) is 19.5. The first-order valence-corrected chi connectivity index (χ1v) is 10.6. The summed E-state index contributed by atoms with van der Waals surface area (Å²) in [6, 6.07) is 12.4. The summed E-state index contributed by atoms with van der Waals surface area (Å²) in [7, 11) is -3.59. The van der Waals surface area contributed by atoms with Gasteiger partial charge in [0.25, 0.3) is 0 Å². The molecule has 1 N–H and O–H groups in total. The zero-order chi connectivity index (χ0) is 19.7. The standard InChI is InChI=1S/C21H22FNO3S/c1-21(24)10-8-16(9-11-21)14-27(25,26)18-6-7-19(20(22)12-18)17-4-2-15(13-23)3-5-17/h2-7,12,16,24H,8-11,14H2,1H3/t16-,21+. The van der Waals surface area contributed by atoms with Gasteiger partial charge in [0.2, 0.25) is 0 Å². The molecule has 0 atom stereocenters. The minimum absolute atomic E-state index is 0.0171. The Labute approximate surface area is 159 Å². The first-order valence-electron chi connectivity index (χ1n) is 8.95. The Morgan fingerprint density at radius 1 is 1.19 bits per heavy atom. The summed E-state index contributed by atoms with van der Waals surface area (Å²) in [6.45, 7) is 1.77. The fourth-order valence-corrected chi connectivity index (χ4v) is 5.23. The predicted molar refractivity (Wildman–Crippen MR) is 101 cm³/mol. The van der Waals surface area contributed by atoms with Crippen LogP contribution in [0.1, 0.15) is 38.2 Å². The number of nitrogens with zero attached hydrogens (tertiary/aromatic N) is 1. The van der Waals surface area contributed by atoms with Crippen LogP contribution < -0.4 is 0 Å². The van der Waals surface area contributed by atoms with Crippen molar-refractivity contribution < 1.29 is 17.9 Å². The van der Waals surface area contributed by atoms with Crippen LogP contribution in [0.25, 0.3) is 11.1 Å². The Balaban J connectivity index is 1.78. The largest absolute Gasteiger partial charge is 0.390 e. The van der Waals surface area contributed by atoms with Gasteiger partial charge in [-0.3, -0.25) is 0 Å². The van der Waals surface area contributed by atoms with E-state index in [1.54, 1.807) is 31.2 Å². The highest BCUT2D eigenvalue weighted by molar-refractivity contribution is 7.91. The van der Waals surface area contributed by atoms with Gasteiger partial charge in [0.15, 0.2) is 9.84 Å². The summed E-state index contributed by atoms with van der Waals surface area (Å²) >= 11 is 0. The lowest BCUT2D eigenvalue weighted by Crippen LogP contribution is -2.32. The van der Waals surface area contributed by atoms with Crippen molar-refractivity contribution in [2.75, 3.05) is 5.75 Å². The molecule has 0 heterocycles.